The maximum absolute atomic E-state index is 11.8. The molecule has 0 aromatic carbocycles. The van der Waals surface area contributed by atoms with Gasteiger partial charge in [0, 0.05) is 13.0 Å². The van der Waals surface area contributed by atoms with E-state index in [2.05, 4.69) is 29.3 Å². The summed E-state index contributed by atoms with van der Waals surface area (Å²) in [5, 5.41) is 6.67. The van der Waals surface area contributed by atoms with E-state index in [-0.39, 0.29) is 6.61 Å². The van der Waals surface area contributed by atoms with Crippen LogP contribution in [0.5, 0.6) is 0 Å². The largest absolute Gasteiger partial charge is 0.375 e. The molecule has 17 heavy (non-hydrogen) atoms. The number of halogens is 2. The fourth-order valence-corrected chi connectivity index (χ4v) is 1.05. The molecule has 98 valence electrons. The van der Waals surface area contributed by atoms with Crippen LogP contribution >= 0.6 is 0 Å². The van der Waals surface area contributed by atoms with Crippen molar-refractivity contribution in [1.82, 2.24) is 10.1 Å². The molecule has 7 heteroatoms. The highest BCUT2D eigenvalue weighted by atomic mass is 19.3. The highest BCUT2D eigenvalue weighted by Crippen LogP contribution is 2.05. The molecule has 0 saturated heterocycles. The Balaban J connectivity index is 2.21. The van der Waals surface area contributed by atoms with E-state index < -0.39 is 13.0 Å². The zero-order valence-corrected chi connectivity index (χ0v) is 9.95. The van der Waals surface area contributed by atoms with Crippen molar-refractivity contribution in [3.63, 3.8) is 0 Å². The van der Waals surface area contributed by atoms with Crippen LogP contribution in [0.2, 0.25) is 0 Å². The zero-order valence-electron chi connectivity index (χ0n) is 9.95. The van der Waals surface area contributed by atoms with Gasteiger partial charge in [0.05, 0.1) is 6.61 Å². The molecule has 1 N–H and O–H groups in total. The Labute approximate surface area is 98.5 Å². The molecule has 0 aliphatic carbocycles. The van der Waals surface area contributed by atoms with Gasteiger partial charge in [-0.25, -0.2) is 8.78 Å². The van der Waals surface area contributed by atoms with E-state index in [4.69, 9.17) is 9.26 Å². The van der Waals surface area contributed by atoms with Gasteiger partial charge in [-0.15, -0.1) is 0 Å². The smallest absolute Gasteiger partial charge is 0.321 e. The first-order valence-electron chi connectivity index (χ1n) is 5.50. The third-order valence-electron chi connectivity index (χ3n) is 1.84. The van der Waals surface area contributed by atoms with E-state index in [0.29, 0.717) is 24.2 Å². The van der Waals surface area contributed by atoms with Crippen LogP contribution in [0.3, 0.4) is 0 Å². The maximum Gasteiger partial charge on any atom is 0.321 e. The second-order valence-corrected chi connectivity index (χ2v) is 4.01. The number of hydrogen-bond acceptors (Lipinski definition) is 5. The van der Waals surface area contributed by atoms with Gasteiger partial charge in [-0.3, -0.25) is 0 Å². The van der Waals surface area contributed by atoms with Crippen LogP contribution in [0, 0.1) is 5.92 Å². The molecule has 0 spiro atoms. The molecular formula is C10H17F2N3O2. The van der Waals surface area contributed by atoms with Gasteiger partial charge in [-0.1, -0.05) is 19.0 Å². The highest BCUT2D eigenvalue weighted by molar-refractivity contribution is 5.17. The maximum atomic E-state index is 11.8. The summed E-state index contributed by atoms with van der Waals surface area (Å²) in [6, 6.07) is 0.350. The van der Waals surface area contributed by atoms with Gasteiger partial charge in [0.2, 0.25) is 0 Å². The van der Waals surface area contributed by atoms with E-state index in [1.54, 1.807) is 0 Å². The number of aromatic nitrogens is 2. The van der Waals surface area contributed by atoms with Crippen molar-refractivity contribution in [2.75, 3.05) is 25.1 Å². The number of nitrogens with zero attached hydrogens (tertiary/aromatic N) is 2. The molecule has 5 nitrogen and oxygen atoms in total. The van der Waals surface area contributed by atoms with Crippen molar-refractivity contribution in [3.8, 4) is 0 Å². The normalized spacial score (nSPS) is 11.4. The van der Waals surface area contributed by atoms with E-state index in [1.807, 2.05) is 0 Å². The molecule has 0 fully saturated rings. The summed E-state index contributed by atoms with van der Waals surface area (Å²) in [5.74, 6) is 0.922. The molecular weight excluding hydrogens is 232 g/mol. The first-order valence-corrected chi connectivity index (χ1v) is 5.50. The number of nitrogens with one attached hydrogen (secondary N) is 1. The Morgan fingerprint density at radius 3 is 2.82 bits per heavy atom. The summed E-state index contributed by atoms with van der Waals surface area (Å²) >= 11 is 0. The molecule has 1 heterocycles. The van der Waals surface area contributed by atoms with Gasteiger partial charge in [0.25, 0.3) is 6.43 Å². The average molecular weight is 249 g/mol. The summed E-state index contributed by atoms with van der Waals surface area (Å²) < 4.78 is 33.1. The van der Waals surface area contributed by atoms with Crippen molar-refractivity contribution in [2.45, 2.75) is 26.7 Å². The first-order chi connectivity index (χ1) is 8.08. The monoisotopic (exact) mass is 249 g/mol. The topological polar surface area (TPSA) is 60.2 Å². The van der Waals surface area contributed by atoms with Gasteiger partial charge < -0.3 is 14.6 Å². The van der Waals surface area contributed by atoms with Crippen LogP contribution in [0.1, 0.15) is 19.7 Å². The van der Waals surface area contributed by atoms with Gasteiger partial charge in [0.1, 0.15) is 6.61 Å². The second-order valence-electron chi connectivity index (χ2n) is 4.01. The number of anilines is 1. The molecule has 0 amide bonds. The average Bonchev–Trinajstić information content (AvgIpc) is 2.69. The fourth-order valence-electron chi connectivity index (χ4n) is 1.05. The SMILES string of the molecule is CC(C)CNc1nc(CCOCC(F)F)no1. The Bertz CT molecular complexity index is 318. The summed E-state index contributed by atoms with van der Waals surface area (Å²) in [7, 11) is 0. The third kappa shape index (κ3) is 6.15. The van der Waals surface area contributed by atoms with Crippen LogP contribution < -0.4 is 5.32 Å². The summed E-state index contributed by atoms with van der Waals surface area (Å²) in [6.45, 7) is 4.46. The zero-order chi connectivity index (χ0) is 12.7. The fraction of sp³-hybridized carbons (Fsp3) is 0.800. The quantitative estimate of drug-likeness (QED) is 0.714. The van der Waals surface area contributed by atoms with E-state index in [1.165, 1.54) is 0 Å². The van der Waals surface area contributed by atoms with Gasteiger partial charge in [-0.05, 0) is 5.92 Å². The van der Waals surface area contributed by atoms with Crippen molar-refractivity contribution >= 4 is 6.01 Å². The Hall–Kier alpha value is -1.24. The first kappa shape index (κ1) is 13.8. The molecule has 1 aromatic heterocycles. The minimum atomic E-state index is -2.44. The molecule has 0 aliphatic rings. The summed E-state index contributed by atoms with van der Waals surface area (Å²) in [4.78, 5) is 4.04. The van der Waals surface area contributed by atoms with E-state index >= 15 is 0 Å². The minimum Gasteiger partial charge on any atom is -0.375 e. The number of rotatable bonds is 8. The highest BCUT2D eigenvalue weighted by Gasteiger charge is 2.07. The van der Waals surface area contributed by atoms with Crippen LogP contribution in [0.25, 0.3) is 0 Å². The lowest BCUT2D eigenvalue weighted by Gasteiger charge is -2.02. The molecule has 0 aliphatic heterocycles. The number of hydrogen-bond donors (Lipinski definition) is 1. The van der Waals surface area contributed by atoms with Crippen LogP contribution in [-0.2, 0) is 11.2 Å². The molecule has 0 unspecified atom stereocenters. The van der Waals surface area contributed by atoms with Crippen LogP contribution in [0.15, 0.2) is 4.52 Å². The van der Waals surface area contributed by atoms with Crippen molar-refractivity contribution in [1.29, 1.82) is 0 Å². The van der Waals surface area contributed by atoms with Crippen LogP contribution in [0.4, 0.5) is 14.8 Å². The minimum absolute atomic E-state index is 0.160. The molecule has 0 atom stereocenters. The predicted octanol–water partition coefficient (Wildman–Crippen LogP) is 1.96. The van der Waals surface area contributed by atoms with Gasteiger partial charge >= 0.3 is 6.01 Å². The molecule has 1 aromatic rings. The summed E-state index contributed by atoms with van der Waals surface area (Å²) in [6.07, 6.45) is -2.08. The Kier molecular flexibility index (Phi) is 5.82. The predicted molar refractivity (Wildman–Crippen MR) is 58.2 cm³/mol. The summed E-state index contributed by atoms with van der Waals surface area (Å²) in [5.41, 5.74) is 0. The van der Waals surface area contributed by atoms with Crippen molar-refractivity contribution < 1.29 is 18.0 Å². The third-order valence-corrected chi connectivity index (χ3v) is 1.84. The number of alkyl halides is 2. The number of ether oxygens (including phenoxy) is 1. The lowest BCUT2D eigenvalue weighted by molar-refractivity contribution is 0.0182. The molecule has 0 bridgehead atoms. The van der Waals surface area contributed by atoms with Gasteiger partial charge in [-0.2, -0.15) is 4.98 Å². The van der Waals surface area contributed by atoms with Crippen LogP contribution in [-0.4, -0.2) is 36.3 Å². The molecule has 0 saturated carbocycles. The van der Waals surface area contributed by atoms with Crippen molar-refractivity contribution in [3.05, 3.63) is 5.82 Å². The van der Waals surface area contributed by atoms with Gasteiger partial charge in [0.15, 0.2) is 5.82 Å². The molecule has 0 radical (unpaired) electrons. The Morgan fingerprint density at radius 2 is 2.18 bits per heavy atom. The molecule has 1 rings (SSSR count). The van der Waals surface area contributed by atoms with E-state index in [0.717, 1.165) is 6.54 Å². The van der Waals surface area contributed by atoms with E-state index in [9.17, 15) is 8.78 Å². The Morgan fingerprint density at radius 1 is 1.41 bits per heavy atom. The second kappa shape index (κ2) is 7.16. The lowest BCUT2D eigenvalue weighted by atomic mass is 10.2. The standard InChI is InChI=1S/C10H17F2N3O2/c1-7(2)5-13-10-14-9(15-17-10)3-4-16-6-8(11)12/h7-8H,3-6H2,1-2H3,(H,13,14,15). The lowest BCUT2D eigenvalue weighted by Crippen LogP contribution is -2.09. The van der Waals surface area contributed by atoms with Crippen molar-refractivity contribution in [2.24, 2.45) is 5.92 Å².